The molecule has 2 aromatic carbocycles. The quantitative estimate of drug-likeness (QED) is 0.843. The van der Waals surface area contributed by atoms with Crippen LogP contribution in [0.25, 0.3) is 0 Å². The molecule has 2 aromatic rings. The summed E-state index contributed by atoms with van der Waals surface area (Å²) in [6.07, 6.45) is -5.58. The number of benzene rings is 2. The van der Waals surface area contributed by atoms with Crippen molar-refractivity contribution in [2.24, 2.45) is 0 Å². The molecule has 5 nitrogen and oxygen atoms in total. The minimum absolute atomic E-state index is 0.0504. The maximum Gasteiger partial charge on any atom is 0.409 e. The monoisotopic (exact) mass is 405 g/mol. The molecule has 0 spiro atoms. The molecule has 0 bridgehead atoms. The first-order valence-electron chi connectivity index (χ1n) is 9.17. The molecule has 2 amide bonds. The minimum atomic E-state index is -4.74. The van der Waals surface area contributed by atoms with E-state index < -0.39 is 30.5 Å². The van der Waals surface area contributed by atoms with Gasteiger partial charge in [-0.05, 0) is 31.7 Å². The Hall–Kier alpha value is -2.87. The summed E-state index contributed by atoms with van der Waals surface area (Å²) in [5.41, 5.74) is 2.29. The minimum Gasteiger partial charge on any atom is -0.324 e. The van der Waals surface area contributed by atoms with E-state index in [4.69, 9.17) is 0 Å². The Morgan fingerprint density at radius 1 is 1.17 bits per heavy atom. The van der Waals surface area contributed by atoms with E-state index in [9.17, 15) is 22.8 Å². The Bertz CT molecular complexity index is 897. The highest BCUT2D eigenvalue weighted by atomic mass is 19.4. The van der Waals surface area contributed by atoms with Gasteiger partial charge in [0, 0.05) is 6.54 Å². The predicted molar refractivity (Wildman–Crippen MR) is 105 cm³/mol. The molecular weight excluding hydrogens is 383 g/mol. The number of aryl methyl sites for hydroxylation is 1. The van der Waals surface area contributed by atoms with E-state index in [0.717, 1.165) is 11.1 Å². The van der Waals surface area contributed by atoms with Crippen molar-refractivity contribution in [3.63, 3.8) is 0 Å². The van der Waals surface area contributed by atoms with Crippen LogP contribution in [-0.4, -0.2) is 42.5 Å². The third-order valence-electron chi connectivity index (χ3n) is 4.75. The molecule has 0 saturated carbocycles. The van der Waals surface area contributed by atoms with Crippen LogP contribution in [-0.2, 0) is 16.1 Å². The molecule has 1 aliphatic rings. The molecule has 1 atom stereocenters. The number of halogens is 3. The van der Waals surface area contributed by atoms with Crippen molar-refractivity contribution in [1.29, 1.82) is 0 Å². The lowest BCUT2D eigenvalue weighted by Crippen LogP contribution is -2.52. The van der Waals surface area contributed by atoms with Crippen molar-refractivity contribution in [1.82, 2.24) is 4.90 Å². The van der Waals surface area contributed by atoms with E-state index in [2.05, 4.69) is 5.32 Å². The number of rotatable bonds is 4. The molecular formula is C21H22F3N3O2. The Kier molecular flexibility index (Phi) is 5.93. The molecule has 0 saturated heterocycles. The van der Waals surface area contributed by atoms with E-state index in [0.29, 0.717) is 11.4 Å². The van der Waals surface area contributed by atoms with Gasteiger partial charge in [0.05, 0.1) is 24.3 Å². The predicted octanol–water partition coefficient (Wildman–Crippen LogP) is 3.73. The number of likely N-dealkylation sites (N-methyl/N-ethyl adjacent to an activating group) is 1. The van der Waals surface area contributed by atoms with E-state index in [1.807, 2.05) is 31.2 Å². The van der Waals surface area contributed by atoms with Gasteiger partial charge in [0.2, 0.25) is 11.8 Å². The lowest BCUT2D eigenvalue weighted by atomic mass is 10.1. The summed E-state index contributed by atoms with van der Waals surface area (Å²) in [4.78, 5) is 27.3. The lowest BCUT2D eigenvalue weighted by Gasteiger charge is -2.33. The molecule has 0 radical (unpaired) electrons. The van der Waals surface area contributed by atoms with E-state index >= 15 is 0 Å². The first-order chi connectivity index (χ1) is 13.6. The van der Waals surface area contributed by atoms with Gasteiger partial charge < -0.3 is 5.32 Å². The fourth-order valence-corrected chi connectivity index (χ4v) is 3.36. The second-order valence-corrected chi connectivity index (χ2v) is 7.25. The second-order valence-electron chi connectivity index (χ2n) is 7.25. The second kappa shape index (κ2) is 8.24. The van der Waals surface area contributed by atoms with Gasteiger partial charge in [-0.1, -0.05) is 42.0 Å². The Morgan fingerprint density at radius 3 is 2.48 bits per heavy atom. The highest BCUT2D eigenvalue weighted by Crippen LogP contribution is 2.37. The summed E-state index contributed by atoms with van der Waals surface area (Å²) in [5, 5.41) is 2.46. The first kappa shape index (κ1) is 20.9. The van der Waals surface area contributed by atoms with Crippen molar-refractivity contribution in [2.75, 3.05) is 23.8 Å². The number of hydrogen-bond donors (Lipinski definition) is 1. The first-order valence-corrected chi connectivity index (χ1v) is 9.17. The van der Waals surface area contributed by atoms with Crippen molar-refractivity contribution >= 4 is 23.2 Å². The summed E-state index contributed by atoms with van der Waals surface area (Å²) in [6.45, 7) is 2.15. The number of alkyl halides is 3. The zero-order valence-corrected chi connectivity index (χ0v) is 16.2. The van der Waals surface area contributed by atoms with Gasteiger partial charge in [-0.3, -0.25) is 19.4 Å². The van der Waals surface area contributed by atoms with E-state index in [1.54, 1.807) is 24.1 Å². The van der Waals surface area contributed by atoms with Gasteiger partial charge in [-0.2, -0.15) is 13.2 Å². The lowest BCUT2D eigenvalue weighted by molar-refractivity contribution is -0.158. The van der Waals surface area contributed by atoms with Crippen molar-refractivity contribution in [3.05, 3.63) is 59.7 Å². The molecule has 0 aromatic heterocycles. The van der Waals surface area contributed by atoms with Crippen LogP contribution >= 0.6 is 0 Å². The number of para-hydroxylation sites is 2. The van der Waals surface area contributed by atoms with E-state index in [-0.39, 0.29) is 17.9 Å². The van der Waals surface area contributed by atoms with Crippen molar-refractivity contribution < 1.29 is 22.8 Å². The zero-order valence-electron chi connectivity index (χ0n) is 16.2. The standard InChI is InChI=1S/C21H22F3N3O2/c1-14-7-9-15(10-8-14)12-26(2)13-20(29)27-17-6-4-3-5-16(17)25-19(28)11-18(27)21(22,23)24/h3-10,18H,11-13H2,1-2H3,(H,25,28)/t18-/m1/s1. The fraction of sp³-hybridized carbons (Fsp3) is 0.333. The molecule has 3 rings (SSSR count). The number of carbonyl (C=O) groups is 2. The van der Waals surface area contributed by atoms with Crippen LogP contribution in [0.15, 0.2) is 48.5 Å². The van der Waals surface area contributed by atoms with Crippen LogP contribution in [0.3, 0.4) is 0 Å². The van der Waals surface area contributed by atoms with Crippen LogP contribution in [0.4, 0.5) is 24.5 Å². The van der Waals surface area contributed by atoms with Crippen molar-refractivity contribution in [2.45, 2.75) is 32.1 Å². The van der Waals surface area contributed by atoms with E-state index in [1.165, 1.54) is 12.1 Å². The molecule has 0 fully saturated rings. The van der Waals surface area contributed by atoms with Crippen LogP contribution in [0.5, 0.6) is 0 Å². The smallest absolute Gasteiger partial charge is 0.324 e. The molecule has 0 aliphatic carbocycles. The maximum absolute atomic E-state index is 13.7. The summed E-state index contributed by atoms with van der Waals surface area (Å²) in [5.74, 6) is -1.49. The number of amides is 2. The van der Waals surface area contributed by atoms with Gasteiger partial charge in [0.25, 0.3) is 0 Å². The molecule has 154 valence electrons. The largest absolute Gasteiger partial charge is 0.409 e. The molecule has 1 heterocycles. The molecule has 1 N–H and O–H groups in total. The molecule has 8 heteroatoms. The van der Waals surface area contributed by atoms with Crippen LogP contribution in [0, 0.1) is 6.92 Å². The number of fused-ring (bicyclic) bond motifs is 1. The van der Waals surface area contributed by atoms with Gasteiger partial charge in [-0.15, -0.1) is 0 Å². The average Bonchev–Trinajstić information content (AvgIpc) is 2.79. The highest BCUT2D eigenvalue weighted by molar-refractivity contribution is 6.05. The maximum atomic E-state index is 13.7. The van der Waals surface area contributed by atoms with Crippen LogP contribution in [0.1, 0.15) is 17.5 Å². The number of nitrogens with one attached hydrogen (secondary N) is 1. The van der Waals surface area contributed by atoms with Gasteiger partial charge >= 0.3 is 6.18 Å². The van der Waals surface area contributed by atoms with Gasteiger partial charge in [0.15, 0.2) is 0 Å². The van der Waals surface area contributed by atoms with Gasteiger partial charge in [-0.25, -0.2) is 0 Å². The third-order valence-corrected chi connectivity index (χ3v) is 4.75. The van der Waals surface area contributed by atoms with Gasteiger partial charge in [0.1, 0.15) is 6.04 Å². The van der Waals surface area contributed by atoms with Crippen molar-refractivity contribution in [3.8, 4) is 0 Å². The van der Waals surface area contributed by atoms with Crippen LogP contribution in [0.2, 0.25) is 0 Å². The molecule has 0 unspecified atom stereocenters. The van der Waals surface area contributed by atoms with Crippen LogP contribution < -0.4 is 10.2 Å². The summed E-state index contributed by atoms with van der Waals surface area (Å²) < 4.78 is 41.2. The molecule has 1 aliphatic heterocycles. The highest BCUT2D eigenvalue weighted by Gasteiger charge is 2.49. The Balaban J connectivity index is 1.86. The number of nitrogens with zero attached hydrogens (tertiary/aromatic N) is 2. The zero-order chi connectivity index (χ0) is 21.2. The third kappa shape index (κ3) is 4.95. The normalized spacial score (nSPS) is 17.0. The fourth-order valence-electron chi connectivity index (χ4n) is 3.36. The molecule has 29 heavy (non-hydrogen) atoms. The average molecular weight is 405 g/mol. The summed E-state index contributed by atoms with van der Waals surface area (Å²) >= 11 is 0. The number of anilines is 2. The Labute approximate surface area is 167 Å². The topological polar surface area (TPSA) is 52.7 Å². The number of carbonyl (C=O) groups excluding carboxylic acids is 2. The summed E-state index contributed by atoms with van der Waals surface area (Å²) in [6, 6.07) is 11.5. The SMILES string of the molecule is Cc1ccc(CN(C)CC(=O)N2c3ccccc3NC(=O)C[C@@H]2C(F)(F)F)cc1. The summed E-state index contributed by atoms with van der Waals surface area (Å²) in [7, 11) is 1.67. The Morgan fingerprint density at radius 2 is 1.83 bits per heavy atom. The number of hydrogen-bond acceptors (Lipinski definition) is 3.